The molecule has 0 aliphatic rings. The lowest BCUT2D eigenvalue weighted by molar-refractivity contribution is 0.574. The topological polar surface area (TPSA) is 12.0 Å². The maximum absolute atomic E-state index is 14.4. The Morgan fingerprint density at radius 1 is 1.15 bits per heavy atom. The normalized spacial score (nSPS) is 12.5. The molecule has 106 valence electrons. The average molecular weight is 357 g/mol. The summed E-state index contributed by atoms with van der Waals surface area (Å²) in [5.74, 6) is -0.388. The predicted octanol–water partition coefficient (Wildman–Crippen LogP) is 5.17. The van der Waals surface area contributed by atoms with Gasteiger partial charge in [0.25, 0.3) is 0 Å². The van der Waals surface area contributed by atoms with Gasteiger partial charge in [0.2, 0.25) is 0 Å². The summed E-state index contributed by atoms with van der Waals surface area (Å²) in [6.45, 7) is 4.10. The van der Waals surface area contributed by atoms with Crippen LogP contribution in [0.1, 0.15) is 28.3 Å². The van der Waals surface area contributed by atoms with Crippen molar-refractivity contribution in [3.63, 3.8) is 0 Å². The van der Waals surface area contributed by atoms with Crippen molar-refractivity contribution in [1.29, 1.82) is 0 Å². The number of rotatable bonds is 3. The van der Waals surface area contributed by atoms with Gasteiger partial charge in [-0.25, -0.2) is 4.39 Å². The second-order valence-corrected chi connectivity index (χ2v) is 6.01. The molecule has 0 heterocycles. The average Bonchev–Trinajstić information content (AvgIpc) is 2.44. The fourth-order valence-electron chi connectivity index (χ4n) is 2.33. The first-order chi connectivity index (χ1) is 9.47. The quantitative estimate of drug-likeness (QED) is 0.748. The minimum atomic E-state index is -0.388. The standard InChI is InChI=1S/C16H16BrClFN/c1-9-5-4-6-11(10(9)2)16(20-3)12-7-8-13(17)14(18)15(12)19/h4-8,16,20H,1-3H3. The first kappa shape index (κ1) is 15.5. The van der Waals surface area contributed by atoms with Gasteiger partial charge < -0.3 is 5.32 Å². The van der Waals surface area contributed by atoms with E-state index in [9.17, 15) is 4.39 Å². The highest BCUT2D eigenvalue weighted by Crippen LogP contribution is 2.34. The highest BCUT2D eigenvalue weighted by Gasteiger charge is 2.21. The highest BCUT2D eigenvalue weighted by molar-refractivity contribution is 9.10. The molecule has 0 amide bonds. The Labute approximate surface area is 132 Å². The molecular weight excluding hydrogens is 341 g/mol. The molecule has 2 aromatic rings. The number of nitrogens with one attached hydrogen (secondary N) is 1. The zero-order valence-electron chi connectivity index (χ0n) is 11.6. The van der Waals surface area contributed by atoms with Crippen LogP contribution in [0.3, 0.4) is 0 Å². The van der Waals surface area contributed by atoms with E-state index >= 15 is 0 Å². The van der Waals surface area contributed by atoms with E-state index < -0.39 is 0 Å². The molecule has 0 spiro atoms. The Hall–Kier alpha value is -0.900. The molecule has 4 heteroatoms. The zero-order valence-corrected chi connectivity index (χ0v) is 13.9. The highest BCUT2D eigenvalue weighted by atomic mass is 79.9. The largest absolute Gasteiger partial charge is 0.309 e. The molecule has 0 saturated heterocycles. The smallest absolute Gasteiger partial charge is 0.148 e. The molecule has 0 aliphatic carbocycles. The first-order valence-electron chi connectivity index (χ1n) is 6.34. The molecule has 2 aromatic carbocycles. The van der Waals surface area contributed by atoms with Crippen LogP contribution in [-0.2, 0) is 0 Å². The van der Waals surface area contributed by atoms with E-state index in [-0.39, 0.29) is 16.9 Å². The van der Waals surface area contributed by atoms with Crippen molar-refractivity contribution >= 4 is 27.5 Å². The summed E-state index contributed by atoms with van der Waals surface area (Å²) in [5.41, 5.74) is 3.95. The summed E-state index contributed by atoms with van der Waals surface area (Å²) in [4.78, 5) is 0. The van der Waals surface area contributed by atoms with Gasteiger partial charge >= 0.3 is 0 Å². The van der Waals surface area contributed by atoms with Crippen LogP contribution in [0.2, 0.25) is 5.02 Å². The van der Waals surface area contributed by atoms with Crippen LogP contribution in [0.25, 0.3) is 0 Å². The maximum Gasteiger partial charge on any atom is 0.148 e. The van der Waals surface area contributed by atoms with Gasteiger partial charge in [-0.05, 0) is 59.6 Å². The summed E-state index contributed by atoms with van der Waals surface area (Å²) in [6, 6.07) is 9.36. The molecule has 1 nitrogen and oxygen atoms in total. The Kier molecular flexibility index (Phi) is 4.84. The van der Waals surface area contributed by atoms with Crippen LogP contribution in [0, 0.1) is 19.7 Å². The fourth-order valence-corrected chi connectivity index (χ4v) is 2.81. The lowest BCUT2D eigenvalue weighted by Gasteiger charge is -2.21. The molecule has 1 N–H and O–H groups in total. The SMILES string of the molecule is CNC(c1cccc(C)c1C)c1ccc(Br)c(Cl)c1F. The molecule has 0 saturated carbocycles. The Bertz CT molecular complexity index is 643. The van der Waals surface area contributed by atoms with Crippen molar-refractivity contribution in [2.45, 2.75) is 19.9 Å². The number of aryl methyl sites for hydroxylation is 1. The zero-order chi connectivity index (χ0) is 14.9. The van der Waals surface area contributed by atoms with Gasteiger partial charge in [-0.2, -0.15) is 0 Å². The van der Waals surface area contributed by atoms with E-state index in [0.29, 0.717) is 10.0 Å². The summed E-state index contributed by atoms with van der Waals surface area (Å²) < 4.78 is 15.0. The first-order valence-corrected chi connectivity index (χ1v) is 7.51. The molecule has 0 aromatic heterocycles. The Balaban J connectivity index is 2.59. The van der Waals surface area contributed by atoms with Crippen molar-refractivity contribution in [3.05, 3.63) is 67.9 Å². The van der Waals surface area contributed by atoms with Crippen molar-refractivity contribution in [2.75, 3.05) is 7.05 Å². The third kappa shape index (κ3) is 2.76. The second kappa shape index (κ2) is 6.25. The van der Waals surface area contributed by atoms with Crippen LogP contribution >= 0.6 is 27.5 Å². The minimum absolute atomic E-state index is 0.119. The van der Waals surface area contributed by atoms with Crippen molar-refractivity contribution in [1.82, 2.24) is 5.32 Å². The molecule has 0 bridgehead atoms. The van der Waals surface area contributed by atoms with E-state index in [1.807, 2.05) is 26.1 Å². The van der Waals surface area contributed by atoms with Crippen LogP contribution in [0.15, 0.2) is 34.8 Å². The molecule has 0 fully saturated rings. The van der Waals surface area contributed by atoms with E-state index in [4.69, 9.17) is 11.6 Å². The maximum atomic E-state index is 14.4. The van der Waals surface area contributed by atoms with E-state index in [2.05, 4.69) is 34.2 Å². The number of hydrogen-bond donors (Lipinski definition) is 1. The molecule has 0 aliphatic heterocycles. The van der Waals surface area contributed by atoms with Gasteiger partial charge in [0, 0.05) is 10.0 Å². The minimum Gasteiger partial charge on any atom is -0.309 e. The van der Waals surface area contributed by atoms with Crippen LogP contribution in [0.5, 0.6) is 0 Å². The molecule has 20 heavy (non-hydrogen) atoms. The Morgan fingerprint density at radius 3 is 2.50 bits per heavy atom. The summed E-state index contributed by atoms with van der Waals surface area (Å²) in [6.07, 6.45) is 0. The molecular formula is C16H16BrClFN. The van der Waals surface area contributed by atoms with Crippen molar-refractivity contribution in [2.24, 2.45) is 0 Å². The fraction of sp³-hybridized carbons (Fsp3) is 0.250. The van der Waals surface area contributed by atoms with Crippen LogP contribution < -0.4 is 5.32 Å². The van der Waals surface area contributed by atoms with Gasteiger partial charge in [-0.15, -0.1) is 0 Å². The Morgan fingerprint density at radius 2 is 1.85 bits per heavy atom. The molecule has 1 unspecified atom stereocenters. The molecule has 1 atom stereocenters. The summed E-state index contributed by atoms with van der Waals surface area (Å²) in [5, 5.41) is 3.29. The van der Waals surface area contributed by atoms with Gasteiger partial charge in [0.05, 0.1) is 11.1 Å². The number of benzene rings is 2. The third-order valence-electron chi connectivity index (χ3n) is 3.62. The van der Waals surface area contributed by atoms with Crippen LogP contribution in [-0.4, -0.2) is 7.05 Å². The summed E-state index contributed by atoms with van der Waals surface area (Å²) in [7, 11) is 1.82. The lowest BCUT2D eigenvalue weighted by atomic mass is 9.92. The summed E-state index contributed by atoms with van der Waals surface area (Å²) >= 11 is 9.23. The number of hydrogen-bond acceptors (Lipinski definition) is 1. The van der Waals surface area contributed by atoms with Gasteiger partial charge in [-0.3, -0.25) is 0 Å². The van der Waals surface area contributed by atoms with E-state index in [0.717, 1.165) is 11.1 Å². The van der Waals surface area contributed by atoms with Crippen molar-refractivity contribution in [3.8, 4) is 0 Å². The van der Waals surface area contributed by atoms with Gasteiger partial charge in [0.1, 0.15) is 5.82 Å². The van der Waals surface area contributed by atoms with Gasteiger partial charge in [-0.1, -0.05) is 35.9 Å². The number of halogens is 3. The van der Waals surface area contributed by atoms with E-state index in [1.54, 1.807) is 12.1 Å². The third-order valence-corrected chi connectivity index (χ3v) is 4.88. The predicted molar refractivity (Wildman–Crippen MR) is 85.9 cm³/mol. The molecule has 2 rings (SSSR count). The second-order valence-electron chi connectivity index (χ2n) is 4.78. The van der Waals surface area contributed by atoms with E-state index in [1.165, 1.54) is 5.56 Å². The van der Waals surface area contributed by atoms with Crippen LogP contribution in [0.4, 0.5) is 4.39 Å². The molecule has 0 radical (unpaired) electrons. The van der Waals surface area contributed by atoms with Gasteiger partial charge in [0.15, 0.2) is 0 Å². The monoisotopic (exact) mass is 355 g/mol. The van der Waals surface area contributed by atoms with Crippen molar-refractivity contribution < 1.29 is 4.39 Å². The lowest BCUT2D eigenvalue weighted by Crippen LogP contribution is -2.20.